The van der Waals surface area contributed by atoms with Crippen LogP contribution in [0.4, 0.5) is 0 Å². The molecule has 1 aromatic heterocycles. The average molecular weight is 268 g/mol. The number of benzene rings is 1. The molecule has 0 atom stereocenters. The summed E-state index contributed by atoms with van der Waals surface area (Å²) >= 11 is 0. The Balaban J connectivity index is 1.92. The molecule has 1 N–H and O–H groups in total. The minimum atomic E-state index is -0.177. The van der Waals surface area contributed by atoms with Gasteiger partial charge in [-0.2, -0.15) is 10.4 Å². The molecule has 0 spiro atoms. The lowest BCUT2D eigenvalue weighted by Crippen LogP contribution is -2.27. The quantitative estimate of drug-likeness (QED) is 0.919. The van der Waals surface area contributed by atoms with Gasteiger partial charge in [-0.25, -0.2) is 0 Å². The van der Waals surface area contributed by atoms with E-state index in [1.165, 1.54) is 0 Å². The number of rotatable bonds is 4. The Hall–Kier alpha value is -2.61. The van der Waals surface area contributed by atoms with Crippen LogP contribution in [0.25, 0.3) is 0 Å². The fourth-order valence-corrected chi connectivity index (χ4v) is 2.01. The van der Waals surface area contributed by atoms with E-state index in [1.54, 1.807) is 24.3 Å². The molecule has 0 saturated carbocycles. The van der Waals surface area contributed by atoms with Gasteiger partial charge in [0.25, 0.3) is 5.91 Å². The van der Waals surface area contributed by atoms with Crippen LogP contribution in [0.3, 0.4) is 0 Å². The number of carbonyl (C=O) groups excluding carboxylic acids is 1. The zero-order valence-corrected chi connectivity index (χ0v) is 11.6. The molecule has 5 heteroatoms. The van der Waals surface area contributed by atoms with Crippen LogP contribution in [0.1, 0.15) is 27.3 Å². The van der Waals surface area contributed by atoms with E-state index in [2.05, 4.69) is 10.4 Å². The highest BCUT2D eigenvalue weighted by atomic mass is 16.1. The lowest BCUT2D eigenvalue weighted by atomic mass is 10.1. The molecule has 0 aliphatic rings. The number of carbonyl (C=O) groups is 1. The summed E-state index contributed by atoms with van der Waals surface area (Å²) in [6.07, 6.45) is 0. The lowest BCUT2D eigenvalue weighted by Gasteiger charge is -2.07. The van der Waals surface area contributed by atoms with Gasteiger partial charge in [0, 0.05) is 17.8 Å². The second kappa shape index (κ2) is 6.02. The number of aryl methyl sites for hydroxylation is 2. The zero-order valence-electron chi connectivity index (χ0n) is 11.6. The Labute approximate surface area is 117 Å². The first-order valence-electron chi connectivity index (χ1n) is 6.39. The molecular formula is C15H16N4O. The highest BCUT2D eigenvalue weighted by Gasteiger charge is 2.06. The Morgan fingerprint density at radius 3 is 2.85 bits per heavy atom. The molecule has 0 radical (unpaired) electrons. The van der Waals surface area contributed by atoms with Crippen molar-refractivity contribution in [2.75, 3.05) is 6.54 Å². The van der Waals surface area contributed by atoms with Crippen molar-refractivity contribution in [3.8, 4) is 6.07 Å². The second-order valence-corrected chi connectivity index (χ2v) is 4.60. The van der Waals surface area contributed by atoms with Gasteiger partial charge in [0.05, 0.1) is 23.9 Å². The first kappa shape index (κ1) is 13.8. The minimum absolute atomic E-state index is 0.177. The summed E-state index contributed by atoms with van der Waals surface area (Å²) in [6.45, 7) is 5.05. The molecule has 1 aromatic carbocycles. The van der Waals surface area contributed by atoms with E-state index < -0.39 is 0 Å². The number of nitrogens with one attached hydrogen (secondary N) is 1. The Morgan fingerprint density at radius 1 is 1.40 bits per heavy atom. The number of hydrogen-bond acceptors (Lipinski definition) is 3. The van der Waals surface area contributed by atoms with Gasteiger partial charge < -0.3 is 5.32 Å². The van der Waals surface area contributed by atoms with Crippen molar-refractivity contribution in [1.29, 1.82) is 5.26 Å². The minimum Gasteiger partial charge on any atom is -0.350 e. The van der Waals surface area contributed by atoms with Crippen LogP contribution in [0.15, 0.2) is 30.3 Å². The molecular weight excluding hydrogens is 252 g/mol. The summed E-state index contributed by atoms with van der Waals surface area (Å²) in [5, 5.41) is 16.0. The molecule has 0 aliphatic carbocycles. The zero-order chi connectivity index (χ0) is 14.5. The van der Waals surface area contributed by atoms with Crippen LogP contribution in [0.5, 0.6) is 0 Å². The highest BCUT2D eigenvalue weighted by Crippen LogP contribution is 2.04. The third-order valence-electron chi connectivity index (χ3n) is 2.97. The van der Waals surface area contributed by atoms with E-state index in [9.17, 15) is 4.79 Å². The molecule has 20 heavy (non-hydrogen) atoms. The van der Waals surface area contributed by atoms with Gasteiger partial charge in [-0.3, -0.25) is 9.48 Å². The fraction of sp³-hybridized carbons (Fsp3) is 0.267. The van der Waals surface area contributed by atoms with E-state index in [1.807, 2.05) is 30.7 Å². The van der Waals surface area contributed by atoms with Gasteiger partial charge in [0.15, 0.2) is 0 Å². The van der Waals surface area contributed by atoms with Gasteiger partial charge in [-0.15, -0.1) is 0 Å². The largest absolute Gasteiger partial charge is 0.350 e. The van der Waals surface area contributed by atoms with Gasteiger partial charge in [0.2, 0.25) is 0 Å². The molecule has 2 aromatic rings. The maximum absolute atomic E-state index is 11.9. The average Bonchev–Trinajstić information content (AvgIpc) is 2.77. The van der Waals surface area contributed by atoms with Crippen molar-refractivity contribution in [2.24, 2.45) is 0 Å². The number of nitrogens with zero attached hydrogens (tertiary/aromatic N) is 3. The van der Waals surface area contributed by atoms with Crippen LogP contribution in [-0.2, 0) is 6.54 Å². The smallest absolute Gasteiger partial charge is 0.251 e. The van der Waals surface area contributed by atoms with Crippen LogP contribution in [0, 0.1) is 25.2 Å². The summed E-state index contributed by atoms with van der Waals surface area (Å²) < 4.78 is 1.86. The van der Waals surface area contributed by atoms with Gasteiger partial charge in [-0.1, -0.05) is 6.07 Å². The van der Waals surface area contributed by atoms with E-state index in [0.717, 1.165) is 11.4 Å². The first-order chi connectivity index (χ1) is 9.60. The first-order valence-corrected chi connectivity index (χ1v) is 6.39. The molecule has 0 aliphatic heterocycles. The topological polar surface area (TPSA) is 70.7 Å². The molecule has 0 unspecified atom stereocenters. The summed E-state index contributed by atoms with van der Waals surface area (Å²) in [5.41, 5.74) is 3.02. The van der Waals surface area contributed by atoms with Crippen molar-refractivity contribution < 1.29 is 4.79 Å². The Morgan fingerprint density at radius 2 is 2.20 bits per heavy atom. The van der Waals surface area contributed by atoms with Gasteiger partial charge >= 0.3 is 0 Å². The molecule has 102 valence electrons. The molecule has 1 heterocycles. The molecule has 2 rings (SSSR count). The van der Waals surface area contributed by atoms with Crippen molar-refractivity contribution in [1.82, 2.24) is 15.1 Å². The van der Waals surface area contributed by atoms with Crippen LogP contribution < -0.4 is 5.32 Å². The highest BCUT2D eigenvalue weighted by molar-refractivity contribution is 5.94. The van der Waals surface area contributed by atoms with Crippen molar-refractivity contribution in [3.63, 3.8) is 0 Å². The van der Waals surface area contributed by atoms with E-state index >= 15 is 0 Å². The predicted molar refractivity (Wildman–Crippen MR) is 75.2 cm³/mol. The summed E-state index contributed by atoms with van der Waals surface area (Å²) in [7, 11) is 0. The molecule has 0 saturated heterocycles. The van der Waals surface area contributed by atoms with Crippen LogP contribution in [-0.4, -0.2) is 22.2 Å². The molecule has 0 bridgehead atoms. The normalized spacial score (nSPS) is 10.1. The predicted octanol–water partition coefficient (Wildman–Crippen LogP) is 1.80. The monoisotopic (exact) mass is 268 g/mol. The van der Waals surface area contributed by atoms with E-state index in [0.29, 0.717) is 24.2 Å². The van der Waals surface area contributed by atoms with Gasteiger partial charge in [-0.05, 0) is 38.1 Å². The molecule has 1 amide bonds. The van der Waals surface area contributed by atoms with Crippen molar-refractivity contribution in [2.45, 2.75) is 20.4 Å². The second-order valence-electron chi connectivity index (χ2n) is 4.60. The third-order valence-corrected chi connectivity index (χ3v) is 2.97. The molecule has 5 nitrogen and oxygen atoms in total. The van der Waals surface area contributed by atoms with E-state index in [-0.39, 0.29) is 5.91 Å². The SMILES string of the molecule is Cc1cc(C)n(CCNC(=O)c2cccc(C#N)c2)n1. The number of aromatic nitrogens is 2. The summed E-state index contributed by atoms with van der Waals surface area (Å²) in [6, 6.07) is 10.7. The van der Waals surface area contributed by atoms with Crippen molar-refractivity contribution >= 4 is 5.91 Å². The van der Waals surface area contributed by atoms with Crippen LogP contribution >= 0.6 is 0 Å². The maximum atomic E-state index is 11.9. The Kier molecular flexibility index (Phi) is 4.16. The Bertz CT molecular complexity index is 667. The standard InChI is InChI=1S/C15H16N4O/c1-11-8-12(2)19(18-11)7-6-17-15(20)14-5-3-4-13(9-14)10-16/h3-5,8-9H,6-7H2,1-2H3,(H,17,20). The summed E-state index contributed by atoms with van der Waals surface area (Å²) in [4.78, 5) is 11.9. The number of hydrogen-bond donors (Lipinski definition) is 1. The van der Waals surface area contributed by atoms with Gasteiger partial charge in [0.1, 0.15) is 0 Å². The number of amides is 1. The molecule has 0 fully saturated rings. The van der Waals surface area contributed by atoms with E-state index in [4.69, 9.17) is 5.26 Å². The van der Waals surface area contributed by atoms with Crippen LogP contribution in [0.2, 0.25) is 0 Å². The maximum Gasteiger partial charge on any atom is 0.251 e. The number of nitriles is 1. The lowest BCUT2D eigenvalue weighted by molar-refractivity contribution is 0.0952. The fourth-order valence-electron chi connectivity index (χ4n) is 2.01. The van der Waals surface area contributed by atoms with Crippen molar-refractivity contribution in [3.05, 3.63) is 52.8 Å². The summed E-state index contributed by atoms with van der Waals surface area (Å²) in [5.74, 6) is -0.177. The third kappa shape index (κ3) is 3.23.